The molecule has 2 unspecified atom stereocenters. The molecule has 3 heterocycles. The van der Waals surface area contributed by atoms with Crippen LogP contribution in [0.2, 0.25) is 0 Å². The van der Waals surface area contributed by atoms with Crippen LogP contribution in [0.15, 0.2) is 18.5 Å². The second kappa shape index (κ2) is 5.96. The molecular formula is C14H19N5O3S2. The highest BCUT2D eigenvalue weighted by atomic mass is 32.2. The Bertz CT molecular complexity index is 886. The van der Waals surface area contributed by atoms with Gasteiger partial charge < -0.3 is 5.73 Å². The highest BCUT2D eigenvalue weighted by Gasteiger charge is 2.40. The van der Waals surface area contributed by atoms with E-state index in [1.807, 2.05) is 26.2 Å². The molecule has 130 valence electrons. The van der Waals surface area contributed by atoms with Crippen LogP contribution in [0.25, 0.3) is 11.1 Å². The van der Waals surface area contributed by atoms with E-state index in [0.717, 1.165) is 25.2 Å². The number of thiophene rings is 1. The number of amides is 1. The van der Waals surface area contributed by atoms with E-state index in [9.17, 15) is 13.2 Å². The average Bonchev–Trinajstić information content (AvgIpc) is 3.07. The smallest absolute Gasteiger partial charge is 0.280 e. The lowest BCUT2D eigenvalue weighted by molar-refractivity contribution is -0.122. The Morgan fingerprint density at radius 2 is 2.17 bits per heavy atom. The van der Waals surface area contributed by atoms with Gasteiger partial charge in [0.2, 0.25) is 5.91 Å². The van der Waals surface area contributed by atoms with Gasteiger partial charge in [-0.15, -0.1) is 11.3 Å². The van der Waals surface area contributed by atoms with E-state index in [1.54, 1.807) is 10.9 Å². The Morgan fingerprint density at radius 3 is 2.75 bits per heavy atom. The fraction of sp³-hybridized carbons (Fsp3) is 0.429. The summed E-state index contributed by atoms with van der Waals surface area (Å²) in [6, 6.07) is 0.622. The van der Waals surface area contributed by atoms with Gasteiger partial charge in [-0.3, -0.25) is 9.48 Å². The molecule has 0 bridgehead atoms. The summed E-state index contributed by atoms with van der Waals surface area (Å²) >= 11 is 1.51. The van der Waals surface area contributed by atoms with Crippen LogP contribution >= 0.6 is 11.3 Å². The van der Waals surface area contributed by atoms with Crippen molar-refractivity contribution in [1.29, 1.82) is 0 Å². The number of aromatic nitrogens is 2. The van der Waals surface area contributed by atoms with Gasteiger partial charge in [-0.25, -0.2) is 0 Å². The van der Waals surface area contributed by atoms with E-state index in [2.05, 4.69) is 9.82 Å². The lowest BCUT2D eigenvalue weighted by atomic mass is 10.0. The van der Waals surface area contributed by atoms with Gasteiger partial charge in [-0.05, 0) is 25.0 Å². The summed E-state index contributed by atoms with van der Waals surface area (Å²) in [7, 11) is -0.547. The monoisotopic (exact) mass is 369 g/mol. The number of nitrogens with zero attached hydrogens (tertiary/aromatic N) is 3. The molecule has 1 saturated heterocycles. The fourth-order valence-corrected chi connectivity index (χ4v) is 5.31. The van der Waals surface area contributed by atoms with Gasteiger partial charge in [0, 0.05) is 35.6 Å². The molecule has 8 nitrogen and oxygen atoms in total. The Kier molecular flexibility index (Phi) is 4.24. The van der Waals surface area contributed by atoms with Crippen LogP contribution in [0.1, 0.15) is 22.2 Å². The Hall–Kier alpha value is -1.75. The van der Waals surface area contributed by atoms with Gasteiger partial charge in [-0.2, -0.15) is 22.5 Å². The zero-order chi connectivity index (χ0) is 17.6. The number of carbonyl (C=O) groups excluding carboxylic acids is 1. The molecule has 2 atom stereocenters. The van der Waals surface area contributed by atoms with Crippen LogP contribution in [0.3, 0.4) is 0 Å². The van der Waals surface area contributed by atoms with Crippen molar-refractivity contribution in [3.63, 3.8) is 0 Å². The molecule has 10 heteroatoms. The maximum atomic E-state index is 12.2. The van der Waals surface area contributed by atoms with Crippen molar-refractivity contribution in [2.24, 2.45) is 12.8 Å². The van der Waals surface area contributed by atoms with E-state index in [1.165, 1.54) is 18.4 Å². The molecule has 1 fully saturated rings. The number of aryl methyl sites for hydroxylation is 2. The van der Waals surface area contributed by atoms with Crippen LogP contribution in [-0.2, 0) is 22.1 Å². The second-order valence-corrected chi connectivity index (χ2v) is 8.92. The van der Waals surface area contributed by atoms with Gasteiger partial charge in [0.15, 0.2) is 0 Å². The van der Waals surface area contributed by atoms with Crippen LogP contribution < -0.4 is 10.5 Å². The van der Waals surface area contributed by atoms with Crippen molar-refractivity contribution in [2.45, 2.75) is 25.4 Å². The van der Waals surface area contributed by atoms with E-state index in [4.69, 9.17) is 5.73 Å². The lowest BCUT2D eigenvalue weighted by Gasteiger charge is -2.34. The molecular weight excluding hydrogens is 350 g/mol. The molecule has 3 N–H and O–H groups in total. The molecule has 1 aliphatic heterocycles. The van der Waals surface area contributed by atoms with Gasteiger partial charge in [0.25, 0.3) is 10.2 Å². The number of carbonyl (C=O) groups is 1. The standard InChI is InChI=1S/C14H19N5O3S2/c1-8-10(9-6-16-18(2)7-9)4-13(23-8)11-5-12(14(15)20)19(3)24(21,22)17-11/h4,6-7,11-12,17H,5H2,1-3H3,(H2,15,20). The van der Waals surface area contributed by atoms with Crippen molar-refractivity contribution in [1.82, 2.24) is 18.8 Å². The number of hydrogen-bond acceptors (Lipinski definition) is 5. The summed E-state index contributed by atoms with van der Waals surface area (Å²) in [4.78, 5) is 13.5. The number of hydrogen-bond donors (Lipinski definition) is 2. The quantitative estimate of drug-likeness (QED) is 0.822. The van der Waals surface area contributed by atoms with Gasteiger partial charge >= 0.3 is 0 Å². The van der Waals surface area contributed by atoms with Crippen molar-refractivity contribution in [3.8, 4) is 11.1 Å². The van der Waals surface area contributed by atoms with Crippen molar-refractivity contribution >= 4 is 27.5 Å². The molecule has 0 aliphatic carbocycles. The first-order valence-corrected chi connectivity index (χ1v) is 9.58. The molecule has 24 heavy (non-hydrogen) atoms. The number of likely N-dealkylation sites (N-methyl/N-ethyl adjacent to an activating group) is 1. The molecule has 0 saturated carbocycles. The Morgan fingerprint density at radius 1 is 1.46 bits per heavy atom. The van der Waals surface area contributed by atoms with E-state index in [0.29, 0.717) is 6.42 Å². The first kappa shape index (κ1) is 17.1. The Labute approximate surface area is 144 Å². The molecule has 1 amide bonds. The molecule has 0 radical (unpaired) electrons. The van der Waals surface area contributed by atoms with Crippen molar-refractivity contribution < 1.29 is 13.2 Å². The highest BCUT2D eigenvalue weighted by Crippen LogP contribution is 2.37. The maximum absolute atomic E-state index is 12.2. The number of nitrogens with one attached hydrogen (secondary N) is 1. The van der Waals surface area contributed by atoms with E-state index >= 15 is 0 Å². The van der Waals surface area contributed by atoms with Crippen LogP contribution in [0.4, 0.5) is 0 Å². The largest absolute Gasteiger partial charge is 0.368 e. The van der Waals surface area contributed by atoms with Crippen molar-refractivity contribution in [3.05, 3.63) is 28.2 Å². The minimum absolute atomic E-state index is 0.303. The summed E-state index contributed by atoms with van der Waals surface area (Å²) in [5.41, 5.74) is 7.35. The summed E-state index contributed by atoms with van der Waals surface area (Å²) in [6.07, 6.45) is 3.98. The zero-order valence-electron chi connectivity index (χ0n) is 13.6. The summed E-state index contributed by atoms with van der Waals surface area (Å²) in [5, 5.41) is 4.17. The second-order valence-electron chi connectivity index (χ2n) is 5.87. The summed E-state index contributed by atoms with van der Waals surface area (Å²) in [5.74, 6) is -0.645. The third-order valence-electron chi connectivity index (χ3n) is 4.19. The topological polar surface area (TPSA) is 110 Å². The number of nitrogens with two attached hydrogens (primary N) is 1. The van der Waals surface area contributed by atoms with E-state index < -0.39 is 28.2 Å². The van der Waals surface area contributed by atoms with Gasteiger partial charge in [-0.1, -0.05) is 0 Å². The van der Waals surface area contributed by atoms with E-state index in [-0.39, 0.29) is 0 Å². The molecule has 2 aromatic rings. The normalized spacial score (nSPS) is 24.1. The molecule has 0 spiro atoms. The lowest BCUT2D eigenvalue weighted by Crippen LogP contribution is -2.56. The molecule has 1 aliphatic rings. The molecule has 2 aromatic heterocycles. The first-order chi connectivity index (χ1) is 11.2. The Balaban J connectivity index is 1.96. The van der Waals surface area contributed by atoms with Crippen molar-refractivity contribution in [2.75, 3.05) is 7.05 Å². The average molecular weight is 369 g/mol. The third-order valence-corrected chi connectivity index (χ3v) is 6.95. The predicted molar refractivity (Wildman–Crippen MR) is 91.4 cm³/mol. The SMILES string of the molecule is Cc1sc(C2CC(C(N)=O)N(C)S(=O)(=O)N2)cc1-c1cnn(C)c1. The number of rotatable bonds is 3. The molecule has 3 rings (SSSR count). The zero-order valence-corrected chi connectivity index (χ0v) is 15.2. The van der Waals surface area contributed by atoms with Crippen LogP contribution in [-0.4, -0.2) is 41.5 Å². The summed E-state index contributed by atoms with van der Waals surface area (Å²) in [6.45, 7) is 1.98. The van der Waals surface area contributed by atoms with Gasteiger partial charge in [0.05, 0.1) is 12.2 Å². The first-order valence-electron chi connectivity index (χ1n) is 7.33. The third kappa shape index (κ3) is 2.97. The minimum atomic E-state index is -3.74. The van der Waals surface area contributed by atoms with Crippen LogP contribution in [0, 0.1) is 6.92 Å². The van der Waals surface area contributed by atoms with Gasteiger partial charge in [0.1, 0.15) is 6.04 Å². The predicted octanol–water partition coefficient (Wildman–Crippen LogP) is 0.522. The van der Waals surface area contributed by atoms with Crippen LogP contribution in [0.5, 0.6) is 0 Å². The maximum Gasteiger partial charge on any atom is 0.280 e. The molecule has 0 aromatic carbocycles. The minimum Gasteiger partial charge on any atom is -0.368 e. The number of primary amides is 1. The highest BCUT2D eigenvalue weighted by molar-refractivity contribution is 7.87. The fourth-order valence-electron chi connectivity index (χ4n) is 2.84. The summed E-state index contributed by atoms with van der Waals surface area (Å²) < 4.78 is 29.8.